The van der Waals surface area contributed by atoms with E-state index in [1.54, 1.807) is 0 Å². The van der Waals surface area contributed by atoms with Crippen LogP contribution in [0.2, 0.25) is 0 Å². The number of amides is 1. The molecule has 0 aliphatic heterocycles. The lowest BCUT2D eigenvalue weighted by Gasteiger charge is -2.08. The SMILES string of the molecule is Cc1ccc(OCCC(=O)NCCN)c(Br)c1.Cl. The fraction of sp³-hybridized carbons (Fsp3) is 0.417. The molecule has 1 aromatic rings. The quantitative estimate of drug-likeness (QED) is 0.835. The van der Waals surface area contributed by atoms with Crippen LogP contribution in [0, 0.1) is 6.92 Å². The number of benzene rings is 1. The molecule has 0 aromatic heterocycles. The Morgan fingerprint density at radius 3 is 2.83 bits per heavy atom. The zero-order valence-corrected chi connectivity index (χ0v) is 12.6. The van der Waals surface area contributed by atoms with Crippen LogP contribution in [-0.4, -0.2) is 25.6 Å². The number of aryl methyl sites for hydroxylation is 1. The highest BCUT2D eigenvalue weighted by Gasteiger charge is 2.03. The molecule has 0 fully saturated rings. The minimum atomic E-state index is -0.0429. The van der Waals surface area contributed by atoms with E-state index < -0.39 is 0 Å². The number of halogens is 2. The smallest absolute Gasteiger partial charge is 0.223 e. The average molecular weight is 338 g/mol. The number of hydrogen-bond acceptors (Lipinski definition) is 3. The maximum atomic E-state index is 11.3. The summed E-state index contributed by atoms with van der Waals surface area (Å²) in [5, 5.41) is 2.69. The van der Waals surface area contributed by atoms with Crippen molar-refractivity contribution in [1.29, 1.82) is 0 Å². The number of nitrogens with one attached hydrogen (secondary N) is 1. The van der Waals surface area contributed by atoms with Crippen LogP contribution in [0.25, 0.3) is 0 Å². The molecule has 0 spiro atoms. The molecule has 0 aliphatic rings. The molecule has 0 atom stereocenters. The van der Waals surface area contributed by atoms with E-state index in [4.69, 9.17) is 10.5 Å². The maximum Gasteiger partial charge on any atom is 0.223 e. The van der Waals surface area contributed by atoms with Gasteiger partial charge in [-0.3, -0.25) is 4.79 Å². The molecule has 4 nitrogen and oxygen atoms in total. The molecule has 0 saturated heterocycles. The molecular weight excluding hydrogens is 320 g/mol. The highest BCUT2D eigenvalue weighted by molar-refractivity contribution is 9.10. The number of carbonyl (C=O) groups is 1. The van der Waals surface area contributed by atoms with Crippen molar-refractivity contribution in [2.75, 3.05) is 19.7 Å². The first-order valence-corrected chi connectivity index (χ1v) is 6.28. The summed E-state index contributed by atoms with van der Waals surface area (Å²) in [5.41, 5.74) is 6.44. The van der Waals surface area contributed by atoms with Gasteiger partial charge in [0.1, 0.15) is 5.75 Å². The van der Waals surface area contributed by atoms with Crippen molar-refractivity contribution in [3.05, 3.63) is 28.2 Å². The summed E-state index contributed by atoms with van der Waals surface area (Å²) in [6.07, 6.45) is 0.334. The molecule has 6 heteroatoms. The Hall–Kier alpha value is -0.780. The molecular formula is C12H18BrClN2O2. The van der Waals surface area contributed by atoms with Gasteiger partial charge in [0.2, 0.25) is 5.91 Å². The summed E-state index contributed by atoms with van der Waals surface area (Å²) in [6.45, 7) is 3.33. The molecule has 0 unspecified atom stereocenters. The van der Waals surface area contributed by atoms with E-state index in [0.29, 0.717) is 26.1 Å². The summed E-state index contributed by atoms with van der Waals surface area (Å²) in [5.74, 6) is 0.709. The standard InChI is InChI=1S/C12H17BrN2O2.ClH/c1-9-2-3-11(10(13)8-9)17-7-4-12(16)15-6-5-14;/h2-3,8H,4-7,14H2,1H3,(H,15,16);1H. The van der Waals surface area contributed by atoms with Gasteiger partial charge < -0.3 is 15.8 Å². The van der Waals surface area contributed by atoms with Crippen molar-refractivity contribution in [3.63, 3.8) is 0 Å². The van der Waals surface area contributed by atoms with Gasteiger partial charge in [-0.05, 0) is 40.5 Å². The summed E-state index contributed by atoms with van der Waals surface area (Å²) in [4.78, 5) is 11.3. The van der Waals surface area contributed by atoms with Gasteiger partial charge in [0, 0.05) is 13.1 Å². The molecule has 0 radical (unpaired) electrons. The van der Waals surface area contributed by atoms with Crippen molar-refractivity contribution >= 4 is 34.2 Å². The van der Waals surface area contributed by atoms with E-state index in [-0.39, 0.29) is 18.3 Å². The fourth-order valence-corrected chi connectivity index (χ4v) is 1.88. The normalized spacial score (nSPS) is 9.50. The van der Waals surface area contributed by atoms with E-state index in [2.05, 4.69) is 21.2 Å². The third-order valence-corrected chi connectivity index (χ3v) is 2.76. The van der Waals surface area contributed by atoms with Gasteiger partial charge in [-0.2, -0.15) is 0 Å². The largest absolute Gasteiger partial charge is 0.492 e. The van der Waals surface area contributed by atoms with Gasteiger partial charge in [-0.15, -0.1) is 12.4 Å². The number of hydrogen-bond donors (Lipinski definition) is 2. The number of rotatable bonds is 6. The molecule has 1 amide bonds. The van der Waals surface area contributed by atoms with Gasteiger partial charge in [0.25, 0.3) is 0 Å². The lowest BCUT2D eigenvalue weighted by Crippen LogP contribution is -2.29. The van der Waals surface area contributed by atoms with Crippen LogP contribution < -0.4 is 15.8 Å². The topological polar surface area (TPSA) is 64.3 Å². The molecule has 3 N–H and O–H groups in total. The summed E-state index contributed by atoms with van der Waals surface area (Å²) < 4.78 is 6.41. The molecule has 1 rings (SSSR count). The number of ether oxygens (including phenoxy) is 1. The molecule has 0 aliphatic carbocycles. The van der Waals surface area contributed by atoms with Crippen LogP contribution >= 0.6 is 28.3 Å². The second-order valence-electron chi connectivity index (χ2n) is 3.67. The van der Waals surface area contributed by atoms with Gasteiger partial charge in [0.15, 0.2) is 0 Å². The summed E-state index contributed by atoms with van der Waals surface area (Å²) in [6, 6.07) is 5.83. The molecule has 0 bridgehead atoms. The van der Waals surface area contributed by atoms with Gasteiger partial charge in [0.05, 0.1) is 17.5 Å². The van der Waals surface area contributed by atoms with Crippen LogP contribution in [0.15, 0.2) is 22.7 Å². The molecule has 0 heterocycles. The predicted octanol–water partition coefficient (Wildman–Crippen LogP) is 2.02. The zero-order valence-electron chi connectivity index (χ0n) is 10.2. The molecule has 102 valence electrons. The van der Waals surface area contributed by atoms with Gasteiger partial charge >= 0.3 is 0 Å². The van der Waals surface area contributed by atoms with Crippen molar-refractivity contribution < 1.29 is 9.53 Å². The first kappa shape index (κ1) is 17.2. The first-order valence-electron chi connectivity index (χ1n) is 5.49. The van der Waals surface area contributed by atoms with Crippen molar-refractivity contribution in [3.8, 4) is 5.75 Å². The third kappa shape index (κ3) is 6.23. The monoisotopic (exact) mass is 336 g/mol. The second kappa shape index (κ2) is 9.19. The van der Waals surface area contributed by atoms with Crippen molar-refractivity contribution in [2.24, 2.45) is 5.73 Å². The Kier molecular flexibility index (Phi) is 8.79. The first-order chi connectivity index (χ1) is 8.13. The minimum Gasteiger partial charge on any atom is -0.492 e. The number of nitrogens with two attached hydrogens (primary N) is 1. The summed E-state index contributed by atoms with van der Waals surface area (Å²) in [7, 11) is 0. The van der Waals surface area contributed by atoms with Crippen LogP contribution in [0.1, 0.15) is 12.0 Å². The second-order valence-corrected chi connectivity index (χ2v) is 4.53. The highest BCUT2D eigenvalue weighted by Crippen LogP contribution is 2.25. The average Bonchev–Trinajstić information content (AvgIpc) is 2.29. The predicted molar refractivity (Wildman–Crippen MR) is 78.3 cm³/mol. The molecule has 18 heavy (non-hydrogen) atoms. The number of carbonyl (C=O) groups excluding carboxylic acids is 1. The van der Waals surface area contributed by atoms with Gasteiger partial charge in [-0.1, -0.05) is 6.07 Å². The van der Waals surface area contributed by atoms with Crippen LogP contribution in [-0.2, 0) is 4.79 Å². The molecule has 0 saturated carbocycles. The Morgan fingerprint density at radius 2 is 2.22 bits per heavy atom. The van der Waals surface area contributed by atoms with E-state index in [9.17, 15) is 4.79 Å². The Labute approximate surface area is 122 Å². The Bertz CT molecular complexity index is 388. The third-order valence-electron chi connectivity index (χ3n) is 2.14. The molecule has 1 aromatic carbocycles. The van der Waals surface area contributed by atoms with Crippen molar-refractivity contribution in [1.82, 2.24) is 5.32 Å². The lowest BCUT2D eigenvalue weighted by atomic mass is 10.2. The van der Waals surface area contributed by atoms with E-state index in [1.807, 2.05) is 25.1 Å². The Morgan fingerprint density at radius 1 is 1.50 bits per heavy atom. The van der Waals surface area contributed by atoms with Crippen LogP contribution in [0.5, 0.6) is 5.75 Å². The lowest BCUT2D eigenvalue weighted by molar-refractivity contribution is -0.121. The fourth-order valence-electron chi connectivity index (χ4n) is 1.28. The van der Waals surface area contributed by atoms with Crippen LogP contribution in [0.4, 0.5) is 0 Å². The minimum absolute atomic E-state index is 0. The van der Waals surface area contributed by atoms with Crippen LogP contribution in [0.3, 0.4) is 0 Å². The van der Waals surface area contributed by atoms with E-state index in [0.717, 1.165) is 15.8 Å². The van der Waals surface area contributed by atoms with Gasteiger partial charge in [-0.25, -0.2) is 0 Å². The van der Waals surface area contributed by atoms with E-state index in [1.165, 1.54) is 0 Å². The maximum absolute atomic E-state index is 11.3. The Balaban J connectivity index is 0.00000289. The summed E-state index contributed by atoms with van der Waals surface area (Å²) >= 11 is 3.41. The highest BCUT2D eigenvalue weighted by atomic mass is 79.9. The zero-order chi connectivity index (χ0) is 12.7. The van der Waals surface area contributed by atoms with Crippen molar-refractivity contribution in [2.45, 2.75) is 13.3 Å². The van der Waals surface area contributed by atoms with E-state index >= 15 is 0 Å².